The number of benzene rings is 3. The van der Waals surface area contributed by atoms with Crippen LogP contribution in [0.5, 0.6) is 23.0 Å². The van der Waals surface area contributed by atoms with E-state index in [-0.39, 0.29) is 11.1 Å². The molecule has 0 amide bonds. The molecule has 0 unspecified atom stereocenters. The first-order valence-corrected chi connectivity index (χ1v) is 18.2. The summed E-state index contributed by atoms with van der Waals surface area (Å²) in [6.45, 7) is 11.6. The number of hydrogen-bond acceptors (Lipinski definition) is 10. The summed E-state index contributed by atoms with van der Waals surface area (Å²) in [5, 5.41) is 0. The highest BCUT2D eigenvalue weighted by molar-refractivity contribution is 5.92. The summed E-state index contributed by atoms with van der Waals surface area (Å²) >= 11 is 0. The molecule has 56 heavy (non-hydrogen) atoms. The summed E-state index contributed by atoms with van der Waals surface area (Å²) in [5.41, 5.74) is 0.327. The van der Waals surface area contributed by atoms with Crippen molar-refractivity contribution < 1.29 is 65.2 Å². The molecular formula is C42H46F4O10. The molecule has 0 fully saturated rings. The normalized spacial score (nSPS) is 10.7. The van der Waals surface area contributed by atoms with Gasteiger partial charge in [0.05, 0.1) is 37.6 Å². The fourth-order valence-electron chi connectivity index (χ4n) is 4.87. The molecular weight excluding hydrogens is 740 g/mol. The Morgan fingerprint density at radius 3 is 1.05 bits per heavy atom. The maximum Gasteiger partial charge on any atom is 0.343 e. The summed E-state index contributed by atoms with van der Waals surface area (Å²) in [6, 6.07) is 10.7. The Morgan fingerprint density at radius 1 is 0.464 bits per heavy atom. The molecule has 0 saturated heterocycles. The molecule has 302 valence electrons. The highest BCUT2D eigenvalue weighted by atomic mass is 19.2. The van der Waals surface area contributed by atoms with Gasteiger partial charge < -0.3 is 28.4 Å². The number of hydrogen-bond donors (Lipinski definition) is 0. The van der Waals surface area contributed by atoms with Crippen LogP contribution in [0.1, 0.15) is 98.8 Å². The minimum atomic E-state index is -2.08. The van der Waals surface area contributed by atoms with Crippen molar-refractivity contribution in [1.82, 2.24) is 0 Å². The second-order valence-corrected chi connectivity index (χ2v) is 12.8. The molecule has 3 aromatic carbocycles. The van der Waals surface area contributed by atoms with Gasteiger partial charge in [0.25, 0.3) is 0 Å². The molecule has 0 spiro atoms. The maximum absolute atomic E-state index is 14.9. The van der Waals surface area contributed by atoms with Gasteiger partial charge in [-0.1, -0.05) is 51.7 Å². The summed E-state index contributed by atoms with van der Waals surface area (Å²) < 4.78 is 90.2. The van der Waals surface area contributed by atoms with Crippen LogP contribution in [0.4, 0.5) is 17.6 Å². The molecule has 0 N–H and O–H groups in total. The second kappa shape index (κ2) is 23.3. The molecule has 0 aromatic heterocycles. The molecule has 3 rings (SSSR count). The number of halogens is 4. The molecule has 0 heterocycles. The van der Waals surface area contributed by atoms with Crippen LogP contribution in [-0.4, -0.2) is 50.3 Å². The third-order valence-corrected chi connectivity index (χ3v) is 8.03. The van der Waals surface area contributed by atoms with Crippen molar-refractivity contribution in [3.05, 3.63) is 107 Å². The van der Waals surface area contributed by atoms with Crippen LogP contribution in [-0.2, 0) is 19.1 Å². The van der Waals surface area contributed by atoms with Crippen LogP contribution in [0.25, 0.3) is 0 Å². The van der Waals surface area contributed by atoms with Crippen LogP contribution < -0.4 is 18.9 Å². The van der Waals surface area contributed by atoms with Crippen LogP contribution in [0.3, 0.4) is 0 Å². The molecule has 14 heteroatoms. The quantitative estimate of drug-likeness (QED) is 0.0217. The van der Waals surface area contributed by atoms with E-state index in [1.807, 2.05) is 0 Å². The Bertz CT molecular complexity index is 1660. The van der Waals surface area contributed by atoms with Gasteiger partial charge in [0, 0.05) is 11.1 Å². The van der Waals surface area contributed by atoms with E-state index < -0.39 is 58.6 Å². The number of carbonyl (C=O) groups is 4. The highest BCUT2D eigenvalue weighted by Gasteiger charge is 2.31. The average molecular weight is 787 g/mol. The van der Waals surface area contributed by atoms with E-state index >= 15 is 0 Å². The zero-order valence-corrected chi connectivity index (χ0v) is 31.5. The molecule has 0 aliphatic heterocycles. The van der Waals surface area contributed by atoms with Gasteiger partial charge >= 0.3 is 23.9 Å². The van der Waals surface area contributed by atoms with Crippen molar-refractivity contribution in [3.8, 4) is 23.0 Å². The molecule has 0 bridgehead atoms. The van der Waals surface area contributed by atoms with E-state index in [0.717, 1.165) is 64.2 Å². The van der Waals surface area contributed by atoms with Crippen LogP contribution in [0.15, 0.2) is 72.8 Å². The minimum absolute atomic E-state index is 0.192. The van der Waals surface area contributed by atoms with Crippen molar-refractivity contribution in [2.75, 3.05) is 26.4 Å². The van der Waals surface area contributed by atoms with Crippen LogP contribution in [0.2, 0.25) is 0 Å². The van der Waals surface area contributed by atoms with Crippen molar-refractivity contribution in [3.63, 3.8) is 0 Å². The number of unbranched alkanes of at least 4 members (excludes halogenated alkanes) is 8. The standard InChI is InChI=1S/C42H46F4O10/c1-27(2)39(47)53-25-13-9-5-7-11-23-51-31-19-15-29(16-20-31)41(49)55-37-33(43)35(45)38(36(46)34(37)44)56-42(50)30-17-21-32(22-18-30)52-24-12-8-6-10-14-26-54-40(48)28(3)4/h15-22H,1,3,5-14,23-26H2,2,4H3. The smallest absolute Gasteiger partial charge is 0.343 e. The number of ether oxygens (including phenoxy) is 6. The van der Waals surface area contributed by atoms with E-state index in [1.165, 1.54) is 48.5 Å². The first-order chi connectivity index (χ1) is 26.8. The molecule has 0 aliphatic carbocycles. The predicted molar refractivity (Wildman–Crippen MR) is 198 cm³/mol. The number of carbonyl (C=O) groups excluding carboxylic acids is 4. The largest absolute Gasteiger partial charge is 0.494 e. The van der Waals surface area contributed by atoms with Crippen molar-refractivity contribution in [1.29, 1.82) is 0 Å². The molecule has 3 aromatic rings. The van der Waals surface area contributed by atoms with Gasteiger partial charge in [-0.15, -0.1) is 0 Å². The van der Waals surface area contributed by atoms with E-state index in [4.69, 9.17) is 18.9 Å². The van der Waals surface area contributed by atoms with E-state index in [0.29, 0.717) is 49.1 Å². The Morgan fingerprint density at radius 2 is 0.750 bits per heavy atom. The van der Waals surface area contributed by atoms with Crippen molar-refractivity contribution in [2.45, 2.75) is 78.1 Å². The Labute approximate surface area is 323 Å². The van der Waals surface area contributed by atoms with Crippen LogP contribution >= 0.6 is 0 Å². The van der Waals surface area contributed by atoms with Gasteiger partial charge in [-0.25, -0.2) is 19.2 Å². The second-order valence-electron chi connectivity index (χ2n) is 12.8. The van der Waals surface area contributed by atoms with Gasteiger partial charge in [-0.3, -0.25) is 0 Å². The first kappa shape index (κ1) is 44.7. The van der Waals surface area contributed by atoms with Crippen LogP contribution in [0, 0.1) is 23.3 Å². The minimum Gasteiger partial charge on any atom is -0.494 e. The lowest BCUT2D eigenvalue weighted by molar-refractivity contribution is -0.139. The monoisotopic (exact) mass is 786 g/mol. The summed E-state index contributed by atoms with van der Waals surface area (Å²) in [4.78, 5) is 47.9. The summed E-state index contributed by atoms with van der Waals surface area (Å²) in [5.74, 6) is -14.3. The lowest BCUT2D eigenvalue weighted by atomic mass is 10.1. The van der Waals surface area contributed by atoms with Gasteiger partial charge in [0.15, 0.2) is 0 Å². The Kier molecular flexibility index (Phi) is 18.6. The van der Waals surface area contributed by atoms with E-state index in [1.54, 1.807) is 13.8 Å². The molecule has 0 aliphatic rings. The van der Waals surface area contributed by atoms with E-state index in [2.05, 4.69) is 22.6 Å². The third-order valence-electron chi connectivity index (χ3n) is 8.03. The first-order valence-electron chi connectivity index (χ1n) is 18.2. The fraction of sp³-hybridized carbons (Fsp3) is 0.381. The van der Waals surface area contributed by atoms with Crippen molar-refractivity contribution in [2.24, 2.45) is 0 Å². The lowest BCUT2D eigenvalue weighted by Gasteiger charge is -2.13. The van der Waals surface area contributed by atoms with Gasteiger partial charge in [0.2, 0.25) is 34.8 Å². The molecule has 10 nitrogen and oxygen atoms in total. The fourth-order valence-corrected chi connectivity index (χ4v) is 4.87. The van der Waals surface area contributed by atoms with Gasteiger partial charge in [-0.2, -0.15) is 17.6 Å². The van der Waals surface area contributed by atoms with Gasteiger partial charge in [0.1, 0.15) is 11.5 Å². The average Bonchev–Trinajstić information content (AvgIpc) is 3.19. The topological polar surface area (TPSA) is 124 Å². The number of rotatable bonds is 24. The third kappa shape index (κ3) is 14.5. The summed E-state index contributed by atoms with van der Waals surface area (Å²) in [6.07, 6.45) is 8.24. The predicted octanol–water partition coefficient (Wildman–Crippen LogP) is 9.58. The number of esters is 4. The zero-order valence-electron chi connectivity index (χ0n) is 31.5. The summed E-state index contributed by atoms with van der Waals surface area (Å²) in [7, 11) is 0. The SMILES string of the molecule is C=C(C)C(=O)OCCCCCCCOc1ccc(C(=O)Oc2c(F)c(F)c(OC(=O)c3ccc(OCCCCCCCOC(=O)C(=C)C)cc3)c(F)c2F)cc1. The molecule has 0 atom stereocenters. The van der Waals surface area contributed by atoms with E-state index in [9.17, 15) is 36.7 Å². The molecule has 0 saturated carbocycles. The zero-order chi connectivity index (χ0) is 41.0. The van der Waals surface area contributed by atoms with Gasteiger partial charge in [-0.05, 0) is 88.1 Å². The highest BCUT2D eigenvalue weighted by Crippen LogP contribution is 2.35. The van der Waals surface area contributed by atoms with Crippen molar-refractivity contribution >= 4 is 23.9 Å². The molecule has 0 radical (unpaired) electrons. The Hall–Kier alpha value is -5.66. The Balaban J connectivity index is 1.43. The lowest BCUT2D eigenvalue weighted by Crippen LogP contribution is -2.16. The maximum atomic E-state index is 14.9.